The van der Waals surface area contributed by atoms with Crippen LogP contribution in [0.4, 0.5) is 13.2 Å². The third-order valence-electron chi connectivity index (χ3n) is 1.88. The molecule has 0 fully saturated rings. The molecule has 3 N–H and O–H groups in total. The Balaban J connectivity index is 2.61. The van der Waals surface area contributed by atoms with Gasteiger partial charge in [-0.3, -0.25) is 11.3 Å². The van der Waals surface area contributed by atoms with Crippen molar-refractivity contribution in [2.45, 2.75) is 25.1 Å². The molecule has 0 aromatic carbocycles. The highest BCUT2D eigenvalue weighted by atomic mass is 35.5. The predicted molar refractivity (Wildman–Crippen MR) is 54.7 cm³/mol. The number of thiophene rings is 1. The van der Waals surface area contributed by atoms with Crippen LogP contribution in [-0.4, -0.2) is 6.18 Å². The molecule has 1 aromatic rings. The number of hydrogen-bond acceptors (Lipinski definition) is 3. The summed E-state index contributed by atoms with van der Waals surface area (Å²) in [6, 6.07) is 1.10. The topological polar surface area (TPSA) is 38.0 Å². The van der Waals surface area contributed by atoms with E-state index >= 15 is 0 Å². The van der Waals surface area contributed by atoms with Crippen LogP contribution in [0.5, 0.6) is 0 Å². The monoisotopic (exact) mass is 258 g/mol. The number of halogens is 4. The predicted octanol–water partition coefficient (Wildman–Crippen LogP) is 3.25. The van der Waals surface area contributed by atoms with Crippen LogP contribution in [0, 0.1) is 0 Å². The van der Waals surface area contributed by atoms with Gasteiger partial charge in [0.1, 0.15) is 0 Å². The van der Waals surface area contributed by atoms with E-state index in [0.29, 0.717) is 9.90 Å². The molecule has 7 heteroatoms. The van der Waals surface area contributed by atoms with Gasteiger partial charge in [-0.05, 0) is 17.9 Å². The molecular weight excluding hydrogens is 249 g/mol. The van der Waals surface area contributed by atoms with Crippen LogP contribution in [0.15, 0.2) is 11.4 Å². The van der Waals surface area contributed by atoms with Gasteiger partial charge in [0.05, 0.1) is 11.1 Å². The third kappa shape index (κ3) is 3.98. The van der Waals surface area contributed by atoms with E-state index in [9.17, 15) is 13.2 Å². The van der Waals surface area contributed by atoms with E-state index in [0.717, 1.165) is 0 Å². The van der Waals surface area contributed by atoms with E-state index in [2.05, 4.69) is 5.43 Å². The Kier molecular flexibility index (Phi) is 4.39. The summed E-state index contributed by atoms with van der Waals surface area (Å²) >= 11 is 7.09. The SMILES string of the molecule is NNC(CCC(F)(F)F)c1sccc1Cl. The maximum absolute atomic E-state index is 12.0. The Morgan fingerprint density at radius 3 is 2.60 bits per heavy atom. The molecule has 0 bridgehead atoms. The molecule has 1 unspecified atom stereocenters. The second-order valence-electron chi connectivity index (χ2n) is 3.01. The van der Waals surface area contributed by atoms with Gasteiger partial charge in [-0.25, -0.2) is 0 Å². The first-order valence-corrected chi connectivity index (χ1v) is 5.45. The van der Waals surface area contributed by atoms with Crippen LogP contribution in [0.2, 0.25) is 5.02 Å². The van der Waals surface area contributed by atoms with Crippen molar-refractivity contribution in [3.8, 4) is 0 Å². The molecule has 86 valence electrons. The third-order valence-corrected chi connectivity index (χ3v) is 3.35. The van der Waals surface area contributed by atoms with Gasteiger partial charge in [0.25, 0.3) is 0 Å². The molecule has 1 rings (SSSR count). The number of nitrogens with two attached hydrogens (primary N) is 1. The molecule has 0 aliphatic heterocycles. The van der Waals surface area contributed by atoms with Crippen molar-refractivity contribution in [1.82, 2.24) is 5.43 Å². The standard InChI is InChI=1S/C8H10ClF3N2S/c9-5-2-4-15-7(5)6(14-13)1-3-8(10,11)12/h2,4,6,14H,1,3,13H2. The number of hydrogen-bond donors (Lipinski definition) is 2. The number of nitrogens with one attached hydrogen (secondary N) is 1. The van der Waals surface area contributed by atoms with Gasteiger partial charge in [-0.15, -0.1) is 11.3 Å². The molecule has 1 atom stereocenters. The molecule has 0 radical (unpaired) electrons. The minimum atomic E-state index is -4.17. The summed E-state index contributed by atoms with van der Waals surface area (Å²) in [6.07, 6.45) is -5.16. The zero-order valence-corrected chi connectivity index (χ0v) is 9.22. The number of rotatable bonds is 4. The largest absolute Gasteiger partial charge is 0.389 e. The van der Waals surface area contributed by atoms with Crippen molar-refractivity contribution in [1.29, 1.82) is 0 Å². The highest BCUT2D eigenvalue weighted by Gasteiger charge is 2.29. The van der Waals surface area contributed by atoms with E-state index in [-0.39, 0.29) is 6.42 Å². The first kappa shape index (κ1) is 12.8. The Hall–Kier alpha value is -0.300. The fourth-order valence-electron chi connectivity index (χ4n) is 1.15. The minimum absolute atomic E-state index is 0.111. The smallest absolute Gasteiger partial charge is 0.271 e. The summed E-state index contributed by atoms with van der Waals surface area (Å²) in [6.45, 7) is 0. The summed E-state index contributed by atoms with van der Waals surface area (Å²) in [5.41, 5.74) is 2.34. The Labute approximate surface area is 94.2 Å². The molecule has 1 heterocycles. The first-order valence-electron chi connectivity index (χ1n) is 4.20. The fourth-order valence-corrected chi connectivity index (χ4v) is 2.44. The molecule has 0 aliphatic carbocycles. The lowest BCUT2D eigenvalue weighted by atomic mass is 10.1. The zero-order chi connectivity index (χ0) is 11.5. The van der Waals surface area contributed by atoms with E-state index in [1.807, 2.05) is 0 Å². The lowest BCUT2D eigenvalue weighted by Crippen LogP contribution is -2.28. The van der Waals surface area contributed by atoms with Gasteiger partial charge >= 0.3 is 6.18 Å². The van der Waals surface area contributed by atoms with E-state index in [4.69, 9.17) is 17.4 Å². The molecule has 0 spiro atoms. The van der Waals surface area contributed by atoms with Crippen molar-refractivity contribution in [2.24, 2.45) is 5.84 Å². The maximum Gasteiger partial charge on any atom is 0.389 e. The lowest BCUT2D eigenvalue weighted by molar-refractivity contribution is -0.136. The van der Waals surface area contributed by atoms with E-state index < -0.39 is 18.6 Å². The zero-order valence-electron chi connectivity index (χ0n) is 7.64. The van der Waals surface area contributed by atoms with Gasteiger partial charge in [-0.2, -0.15) is 13.2 Å². The van der Waals surface area contributed by atoms with Gasteiger partial charge < -0.3 is 0 Å². The molecule has 0 aliphatic rings. The number of alkyl halides is 3. The Bertz CT molecular complexity index is 313. The second-order valence-corrected chi connectivity index (χ2v) is 4.36. The van der Waals surface area contributed by atoms with Crippen molar-refractivity contribution < 1.29 is 13.2 Å². The van der Waals surface area contributed by atoms with E-state index in [1.165, 1.54) is 11.3 Å². The molecule has 15 heavy (non-hydrogen) atoms. The average molecular weight is 259 g/mol. The summed E-state index contributed by atoms with van der Waals surface area (Å²) < 4.78 is 36.0. The summed E-state index contributed by atoms with van der Waals surface area (Å²) in [7, 11) is 0. The molecule has 1 aromatic heterocycles. The quantitative estimate of drug-likeness (QED) is 0.643. The maximum atomic E-state index is 12.0. The summed E-state index contributed by atoms with van der Waals surface area (Å²) in [5.74, 6) is 5.19. The first-order chi connectivity index (χ1) is 6.94. The van der Waals surface area contributed by atoms with Crippen molar-refractivity contribution >= 4 is 22.9 Å². The van der Waals surface area contributed by atoms with E-state index in [1.54, 1.807) is 11.4 Å². The molecule has 0 saturated heterocycles. The normalized spacial score (nSPS) is 14.2. The van der Waals surface area contributed by atoms with Gasteiger partial charge in [0.15, 0.2) is 0 Å². The van der Waals surface area contributed by atoms with Crippen LogP contribution in [-0.2, 0) is 0 Å². The molecular formula is C8H10ClF3N2S. The fraction of sp³-hybridized carbons (Fsp3) is 0.500. The van der Waals surface area contributed by atoms with Crippen molar-refractivity contribution in [3.63, 3.8) is 0 Å². The van der Waals surface area contributed by atoms with Gasteiger partial charge in [0.2, 0.25) is 0 Å². The minimum Gasteiger partial charge on any atom is -0.271 e. The Morgan fingerprint density at radius 2 is 2.20 bits per heavy atom. The molecule has 2 nitrogen and oxygen atoms in total. The average Bonchev–Trinajstić information content (AvgIpc) is 2.52. The highest BCUT2D eigenvalue weighted by Crippen LogP contribution is 2.33. The van der Waals surface area contributed by atoms with Crippen molar-refractivity contribution in [2.75, 3.05) is 0 Å². The van der Waals surface area contributed by atoms with Crippen LogP contribution in [0.3, 0.4) is 0 Å². The van der Waals surface area contributed by atoms with Crippen LogP contribution < -0.4 is 11.3 Å². The molecule has 0 amide bonds. The van der Waals surface area contributed by atoms with Crippen molar-refractivity contribution in [3.05, 3.63) is 21.3 Å². The molecule has 0 saturated carbocycles. The lowest BCUT2D eigenvalue weighted by Gasteiger charge is -2.15. The van der Waals surface area contributed by atoms with Gasteiger partial charge in [0, 0.05) is 11.3 Å². The Morgan fingerprint density at radius 1 is 1.53 bits per heavy atom. The summed E-state index contributed by atoms with van der Waals surface area (Å²) in [4.78, 5) is 0.642. The van der Waals surface area contributed by atoms with Crippen LogP contribution in [0.25, 0.3) is 0 Å². The van der Waals surface area contributed by atoms with Crippen LogP contribution >= 0.6 is 22.9 Å². The number of hydrazine groups is 1. The van der Waals surface area contributed by atoms with Crippen LogP contribution in [0.1, 0.15) is 23.8 Å². The highest BCUT2D eigenvalue weighted by molar-refractivity contribution is 7.10. The summed E-state index contributed by atoms with van der Waals surface area (Å²) in [5, 5.41) is 2.17. The van der Waals surface area contributed by atoms with Gasteiger partial charge in [-0.1, -0.05) is 11.6 Å². The second kappa shape index (κ2) is 5.16.